The zero-order chi connectivity index (χ0) is 23.8. The summed E-state index contributed by atoms with van der Waals surface area (Å²) >= 11 is 1.81. The van der Waals surface area contributed by atoms with E-state index in [1.54, 1.807) is 0 Å². The number of nitrogens with one attached hydrogen (secondary N) is 1. The second-order valence-electron chi connectivity index (χ2n) is 9.69. The summed E-state index contributed by atoms with van der Waals surface area (Å²) in [5.74, 6) is 2.84. The molecule has 1 amide bonds. The second kappa shape index (κ2) is 9.57. The first-order valence-corrected chi connectivity index (χ1v) is 13.7. The SMILES string of the molecule is CCSc1ccc(CNC(=O)c2ccc3c(n2)OCCN3c2cc(C3CC3)cc(C3CC3)c2)cc1. The highest BCUT2D eigenvalue weighted by Crippen LogP contribution is 2.47. The van der Waals surface area contributed by atoms with Gasteiger partial charge in [-0.2, -0.15) is 0 Å². The van der Waals surface area contributed by atoms with Gasteiger partial charge in [0.15, 0.2) is 0 Å². The molecule has 0 spiro atoms. The maximum absolute atomic E-state index is 12.8. The summed E-state index contributed by atoms with van der Waals surface area (Å²) in [5, 5.41) is 2.99. The van der Waals surface area contributed by atoms with E-state index in [1.807, 2.05) is 23.9 Å². The molecule has 5 nitrogen and oxygen atoms in total. The molecular weight excluding hydrogens is 454 g/mol. The summed E-state index contributed by atoms with van der Waals surface area (Å²) in [5.41, 5.74) is 6.57. The van der Waals surface area contributed by atoms with Crippen LogP contribution in [0.1, 0.15) is 71.6 Å². The Morgan fingerprint density at radius 1 is 1.03 bits per heavy atom. The van der Waals surface area contributed by atoms with Crippen molar-refractivity contribution >= 4 is 29.0 Å². The van der Waals surface area contributed by atoms with E-state index >= 15 is 0 Å². The van der Waals surface area contributed by atoms with Gasteiger partial charge in [-0.05, 0) is 96.4 Å². The predicted octanol–water partition coefficient (Wildman–Crippen LogP) is 6.41. The number of fused-ring (bicyclic) bond motifs is 1. The van der Waals surface area contributed by atoms with Crippen LogP contribution in [0.25, 0.3) is 0 Å². The first-order chi connectivity index (χ1) is 17.2. The maximum Gasteiger partial charge on any atom is 0.270 e. The van der Waals surface area contributed by atoms with E-state index in [1.165, 1.54) is 47.4 Å². The number of ether oxygens (including phenoxy) is 1. The highest BCUT2D eigenvalue weighted by Gasteiger charge is 2.30. The Balaban J connectivity index is 1.19. The lowest BCUT2D eigenvalue weighted by Gasteiger charge is -2.31. The zero-order valence-corrected chi connectivity index (χ0v) is 20.9. The van der Waals surface area contributed by atoms with Crippen molar-refractivity contribution in [2.24, 2.45) is 0 Å². The third kappa shape index (κ3) is 5.03. The Hall–Kier alpha value is -2.99. The average molecular weight is 486 g/mol. The second-order valence-corrected chi connectivity index (χ2v) is 11.0. The van der Waals surface area contributed by atoms with Gasteiger partial charge in [0.2, 0.25) is 5.88 Å². The number of pyridine rings is 1. The molecule has 0 bridgehead atoms. The minimum absolute atomic E-state index is 0.188. The van der Waals surface area contributed by atoms with Crippen LogP contribution in [0.2, 0.25) is 0 Å². The molecule has 1 aliphatic heterocycles. The molecule has 2 heterocycles. The van der Waals surface area contributed by atoms with Crippen LogP contribution in [0.15, 0.2) is 59.5 Å². The van der Waals surface area contributed by atoms with Crippen LogP contribution in [0.4, 0.5) is 11.4 Å². The van der Waals surface area contributed by atoms with Gasteiger partial charge in [-0.15, -0.1) is 11.8 Å². The molecular formula is C29H31N3O2S. The third-order valence-electron chi connectivity index (χ3n) is 6.98. The number of hydrogen-bond donors (Lipinski definition) is 1. The Kier molecular flexibility index (Phi) is 6.15. The summed E-state index contributed by atoms with van der Waals surface area (Å²) < 4.78 is 5.91. The highest BCUT2D eigenvalue weighted by molar-refractivity contribution is 7.99. The summed E-state index contributed by atoms with van der Waals surface area (Å²) in [6.45, 7) is 3.95. The molecule has 0 saturated heterocycles. The molecule has 0 atom stereocenters. The Morgan fingerprint density at radius 2 is 1.74 bits per heavy atom. The van der Waals surface area contributed by atoms with Crippen molar-refractivity contribution in [3.05, 3.63) is 77.0 Å². The number of amides is 1. The smallest absolute Gasteiger partial charge is 0.270 e. The van der Waals surface area contributed by atoms with Gasteiger partial charge in [-0.1, -0.05) is 25.1 Å². The van der Waals surface area contributed by atoms with Crippen LogP contribution in [0, 0.1) is 0 Å². The molecule has 6 heteroatoms. The van der Waals surface area contributed by atoms with Crippen molar-refractivity contribution in [2.75, 3.05) is 23.8 Å². The van der Waals surface area contributed by atoms with Crippen molar-refractivity contribution in [1.29, 1.82) is 0 Å². The van der Waals surface area contributed by atoms with Gasteiger partial charge in [-0.25, -0.2) is 4.98 Å². The molecule has 2 aliphatic carbocycles. The van der Waals surface area contributed by atoms with Crippen molar-refractivity contribution in [1.82, 2.24) is 10.3 Å². The first kappa shape index (κ1) is 22.5. The van der Waals surface area contributed by atoms with Crippen molar-refractivity contribution in [3.63, 3.8) is 0 Å². The average Bonchev–Trinajstić information content (AvgIpc) is 3.80. The standard InChI is InChI=1S/C29H31N3O2S/c1-2-35-25-9-3-19(4-10-25)18-30-28(33)26-11-12-27-29(31-26)34-14-13-32(27)24-16-22(20-5-6-20)15-23(17-24)21-7-8-21/h3-4,9-12,15-17,20-21H,2,5-8,13-14,18H2,1H3,(H,30,33). The lowest BCUT2D eigenvalue weighted by molar-refractivity contribution is 0.0944. The molecule has 2 saturated carbocycles. The van der Waals surface area contributed by atoms with Gasteiger partial charge in [-0.3, -0.25) is 4.79 Å². The number of anilines is 2. The van der Waals surface area contributed by atoms with Gasteiger partial charge in [0.05, 0.1) is 6.54 Å². The predicted molar refractivity (Wildman–Crippen MR) is 141 cm³/mol. The van der Waals surface area contributed by atoms with Crippen LogP contribution in [0.5, 0.6) is 5.88 Å². The number of carbonyl (C=O) groups is 1. The van der Waals surface area contributed by atoms with Crippen LogP contribution in [-0.4, -0.2) is 29.8 Å². The lowest BCUT2D eigenvalue weighted by Crippen LogP contribution is -2.30. The number of hydrogen-bond acceptors (Lipinski definition) is 5. The topological polar surface area (TPSA) is 54.5 Å². The van der Waals surface area contributed by atoms with Crippen molar-refractivity contribution in [2.45, 2.75) is 55.9 Å². The molecule has 6 rings (SSSR count). The summed E-state index contributed by atoms with van der Waals surface area (Å²) in [4.78, 5) is 21.0. The number of rotatable bonds is 8. The van der Waals surface area contributed by atoms with E-state index in [2.05, 4.69) is 64.6 Å². The van der Waals surface area contributed by atoms with Crippen molar-refractivity contribution < 1.29 is 9.53 Å². The number of thioether (sulfide) groups is 1. The lowest BCUT2D eigenvalue weighted by atomic mass is 10.0. The Labute approximate surface area is 211 Å². The molecule has 3 aromatic rings. The van der Waals surface area contributed by atoms with Gasteiger partial charge in [0.1, 0.15) is 18.0 Å². The number of benzene rings is 2. The molecule has 0 unspecified atom stereocenters. The van der Waals surface area contributed by atoms with E-state index in [4.69, 9.17) is 4.74 Å². The fraction of sp³-hybridized carbons (Fsp3) is 0.379. The van der Waals surface area contributed by atoms with Crippen LogP contribution in [-0.2, 0) is 6.54 Å². The monoisotopic (exact) mass is 485 g/mol. The fourth-order valence-corrected chi connectivity index (χ4v) is 5.42. The molecule has 1 N–H and O–H groups in total. The summed E-state index contributed by atoms with van der Waals surface area (Å²) in [7, 11) is 0. The molecule has 180 valence electrons. The molecule has 1 aromatic heterocycles. The van der Waals surface area contributed by atoms with E-state index in [9.17, 15) is 4.79 Å². The molecule has 2 aromatic carbocycles. The summed E-state index contributed by atoms with van der Waals surface area (Å²) in [6.07, 6.45) is 5.20. The number of aromatic nitrogens is 1. The van der Waals surface area contributed by atoms with E-state index in [0.717, 1.165) is 35.4 Å². The quantitative estimate of drug-likeness (QED) is 0.374. The molecule has 0 radical (unpaired) electrons. The van der Waals surface area contributed by atoms with E-state index in [-0.39, 0.29) is 5.91 Å². The number of nitrogens with zero attached hydrogens (tertiary/aromatic N) is 2. The maximum atomic E-state index is 12.8. The molecule has 3 aliphatic rings. The largest absolute Gasteiger partial charge is 0.474 e. The van der Waals surface area contributed by atoms with Gasteiger partial charge in [0.25, 0.3) is 5.91 Å². The van der Waals surface area contributed by atoms with Crippen LogP contribution < -0.4 is 15.0 Å². The fourth-order valence-electron chi connectivity index (χ4n) is 4.76. The van der Waals surface area contributed by atoms with Gasteiger partial charge < -0.3 is 15.0 Å². The Morgan fingerprint density at radius 3 is 2.40 bits per heavy atom. The molecule has 35 heavy (non-hydrogen) atoms. The zero-order valence-electron chi connectivity index (χ0n) is 20.1. The van der Waals surface area contributed by atoms with Crippen molar-refractivity contribution in [3.8, 4) is 5.88 Å². The molecule has 2 fully saturated rings. The van der Waals surface area contributed by atoms with E-state index in [0.29, 0.717) is 24.7 Å². The summed E-state index contributed by atoms with van der Waals surface area (Å²) in [6, 6.07) is 19.2. The first-order valence-electron chi connectivity index (χ1n) is 12.7. The normalized spacial score (nSPS) is 17.0. The van der Waals surface area contributed by atoms with Crippen LogP contribution in [0.3, 0.4) is 0 Å². The van der Waals surface area contributed by atoms with Crippen LogP contribution >= 0.6 is 11.8 Å². The highest BCUT2D eigenvalue weighted by atomic mass is 32.2. The van der Waals surface area contributed by atoms with Gasteiger partial charge >= 0.3 is 0 Å². The van der Waals surface area contributed by atoms with E-state index < -0.39 is 0 Å². The minimum atomic E-state index is -0.188. The Bertz CT molecular complexity index is 1200. The third-order valence-corrected chi connectivity index (χ3v) is 7.87. The minimum Gasteiger partial charge on any atom is -0.474 e. The number of carbonyl (C=O) groups excluding carboxylic acids is 1. The van der Waals surface area contributed by atoms with Gasteiger partial charge in [0, 0.05) is 17.1 Å².